The van der Waals surface area contributed by atoms with Crippen LogP contribution in [-0.2, 0) is 27.8 Å². The van der Waals surface area contributed by atoms with E-state index < -0.39 is 21.7 Å². The topological polar surface area (TPSA) is 95.5 Å². The third-order valence-electron chi connectivity index (χ3n) is 2.68. The molecule has 6 nitrogen and oxygen atoms in total. The summed E-state index contributed by atoms with van der Waals surface area (Å²) in [5.74, 6) is -2.30. The molecule has 2 rings (SSSR count). The van der Waals surface area contributed by atoms with Gasteiger partial charge < -0.3 is 10.4 Å². The molecule has 0 fully saturated rings. The van der Waals surface area contributed by atoms with E-state index in [0.29, 0.717) is 12.2 Å². The van der Waals surface area contributed by atoms with Crippen LogP contribution < -0.4 is 10.0 Å². The molecule has 3 N–H and O–H groups in total. The first-order chi connectivity index (χ1) is 8.46. The second-order valence-electron chi connectivity index (χ2n) is 4.17. The molecule has 0 aromatic heterocycles. The summed E-state index contributed by atoms with van der Waals surface area (Å²) in [4.78, 5) is 10.4. The van der Waals surface area contributed by atoms with Gasteiger partial charge in [-0.2, -0.15) is 0 Å². The van der Waals surface area contributed by atoms with Crippen molar-refractivity contribution in [1.29, 1.82) is 0 Å². The van der Waals surface area contributed by atoms with Gasteiger partial charge in [0.05, 0.1) is 0 Å². The second-order valence-corrected chi connectivity index (χ2v) is 5.89. The summed E-state index contributed by atoms with van der Waals surface area (Å²) in [6.45, 7) is 1.61. The smallest absolute Gasteiger partial charge is 0.320 e. The Hall–Kier alpha value is -1.60. The summed E-state index contributed by atoms with van der Waals surface area (Å²) >= 11 is 0. The molecule has 0 radical (unpaired) electrons. The highest BCUT2D eigenvalue weighted by molar-refractivity contribution is 7.93. The average Bonchev–Trinajstić information content (AvgIpc) is 2.26. The molecule has 0 saturated carbocycles. The lowest BCUT2D eigenvalue weighted by Crippen LogP contribution is -2.25. The summed E-state index contributed by atoms with van der Waals surface area (Å²) < 4.78 is 25.2. The van der Waals surface area contributed by atoms with Crippen LogP contribution in [0.1, 0.15) is 11.1 Å². The Bertz CT molecular complexity index is 568. The molecule has 0 atom stereocenters. The number of aliphatic carboxylic acids is 1. The Morgan fingerprint density at radius 3 is 2.89 bits per heavy atom. The van der Waals surface area contributed by atoms with Gasteiger partial charge in [-0.1, -0.05) is 6.07 Å². The predicted molar refractivity (Wildman–Crippen MR) is 66.9 cm³/mol. The highest BCUT2D eigenvalue weighted by atomic mass is 32.2. The SMILES string of the molecule is O=C(O)CS(=O)(=O)Nc1ccc2c(c1)CNCC2. The number of carbonyl (C=O) groups is 1. The van der Waals surface area contributed by atoms with E-state index in [1.165, 1.54) is 5.56 Å². The fourth-order valence-corrected chi connectivity index (χ4v) is 2.81. The Morgan fingerprint density at radius 2 is 2.17 bits per heavy atom. The van der Waals surface area contributed by atoms with Crippen LogP contribution in [-0.4, -0.2) is 31.8 Å². The normalized spacial score (nSPS) is 14.9. The summed E-state index contributed by atoms with van der Waals surface area (Å²) in [5, 5.41) is 11.7. The minimum Gasteiger partial charge on any atom is -0.480 e. The maximum Gasteiger partial charge on any atom is 0.320 e. The van der Waals surface area contributed by atoms with Crippen molar-refractivity contribution in [2.75, 3.05) is 17.0 Å². The van der Waals surface area contributed by atoms with Crippen LogP contribution in [0.2, 0.25) is 0 Å². The Labute approximate surface area is 105 Å². The van der Waals surface area contributed by atoms with Crippen LogP contribution in [0.5, 0.6) is 0 Å². The van der Waals surface area contributed by atoms with Crippen LogP contribution >= 0.6 is 0 Å². The highest BCUT2D eigenvalue weighted by Gasteiger charge is 2.16. The van der Waals surface area contributed by atoms with Gasteiger partial charge in [-0.05, 0) is 36.2 Å². The first-order valence-corrected chi connectivity index (χ1v) is 7.16. The van der Waals surface area contributed by atoms with Gasteiger partial charge in [-0.15, -0.1) is 0 Å². The van der Waals surface area contributed by atoms with Crippen LogP contribution in [0.3, 0.4) is 0 Å². The summed E-state index contributed by atoms with van der Waals surface area (Å²) in [6, 6.07) is 5.26. The lowest BCUT2D eigenvalue weighted by atomic mass is 10.0. The first kappa shape index (κ1) is 12.8. The molecule has 1 aliphatic rings. The minimum atomic E-state index is -3.83. The van der Waals surface area contributed by atoms with Gasteiger partial charge >= 0.3 is 5.97 Å². The fraction of sp³-hybridized carbons (Fsp3) is 0.364. The number of fused-ring (bicyclic) bond motifs is 1. The fourth-order valence-electron chi connectivity index (χ4n) is 1.92. The molecular formula is C11H14N2O4S. The van der Waals surface area contributed by atoms with Crippen molar-refractivity contribution < 1.29 is 18.3 Å². The molecule has 1 aromatic rings. The summed E-state index contributed by atoms with van der Waals surface area (Å²) in [5.41, 5.74) is 2.63. The molecule has 98 valence electrons. The molecule has 7 heteroatoms. The molecule has 0 saturated heterocycles. The third kappa shape index (κ3) is 3.21. The number of nitrogens with one attached hydrogen (secondary N) is 2. The van der Waals surface area contributed by atoms with Crippen molar-refractivity contribution in [3.63, 3.8) is 0 Å². The monoisotopic (exact) mass is 270 g/mol. The van der Waals surface area contributed by atoms with Crippen LogP contribution in [0.15, 0.2) is 18.2 Å². The number of anilines is 1. The van der Waals surface area contributed by atoms with Crippen LogP contribution in [0.25, 0.3) is 0 Å². The average molecular weight is 270 g/mol. The first-order valence-electron chi connectivity index (χ1n) is 5.51. The van der Waals surface area contributed by atoms with Crippen molar-refractivity contribution in [3.05, 3.63) is 29.3 Å². The van der Waals surface area contributed by atoms with Crippen molar-refractivity contribution in [3.8, 4) is 0 Å². The Morgan fingerprint density at radius 1 is 1.39 bits per heavy atom. The zero-order chi connectivity index (χ0) is 13.2. The Kier molecular flexibility index (Phi) is 3.53. The predicted octanol–water partition coefficient (Wildman–Crippen LogP) is 0.159. The van der Waals surface area contributed by atoms with E-state index in [9.17, 15) is 13.2 Å². The quantitative estimate of drug-likeness (QED) is 0.724. The van der Waals surface area contributed by atoms with E-state index in [-0.39, 0.29) is 0 Å². The maximum absolute atomic E-state index is 11.5. The van der Waals surface area contributed by atoms with Gasteiger partial charge in [0.15, 0.2) is 5.75 Å². The van der Waals surface area contributed by atoms with Gasteiger partial charge in [0.2, 0.25) is 10.0 Å². The second kappa shape index (κ2) is 4.95. The highest BCUT2D eigenvalue weighted by Crippen LogP contribution is 2.19. The van der Waals surface area contributed by atoms with E-state index in [1.54, 1.807) is 12.1 Å². The molecule has 0 bridgehead atoms. The van der Waals surface area contributed by atoms with Crippen molar-refractivity contribution >= 4 is 21.7 Å². The number of hydrogen-bond acceptors (Lipinski definition) is 4. The number of carboxylic acid groups (broad SMARTS) is 1. The molecule has 0 unspecified atom stereocenters. The molecule has 1 aromatic carbocycles. The van der Waals surface area contributed by atoms with Gasteiger partial charge in [0, 0.05) is 12.2 Å². The maximum atomic E-state index is 11.5. The number of rotatable bonds is 4. The molecular weight excluding hydrogens is 256 g/mol. The largest absolute Gasteiger partial charge is 0.480 e. The van der Waals surface area contributed by atoms with E-state index in [4.69, 9.17) is 5.11 Å². The minimum absolute atomic E-state index is 0.402. The zero-order valence-corrected chi connectivity index (χ0v) is 10.5. The van der Waals surface area contributed by atoms with Crippen LogP contribution in [0, 0.1) is 0 Å². The lowest BCUT2D eigenvalue weighted by Gasteiger charge is -2.18. The third-order valence-corrected chi connectivity index (χ3v) is 3.85. The number of sulfonamides is 1. The van der Waals surface area contributed by atoms with Crippen molar-refractivity contribution in [2.45, 2.75) is 13.0 Å². The molecule has 18 heavy (non-hydrogen) atoms. The van der Waals surface area contributed by atoms with Crippen LogP contribution in [0.4, 0.5) is 5.69 Å². The van der Waals surface area contributed by atoms with Gasteiger partial charge in [-0.25, -0.2) is 8.42 Å². The van der Waals surface area contributed by atoms with Gasteiger partial charge in [0.1, 0.15) is 0 Å². The van der Waals surface area contributed by atoms with E-state index in [1.807, 2.05) is 6.07 Å². The number of carboxylic acids is 1. The van der Waals surface area contributed by atoms with E-state index >= 15 is 0 Å². The molecule has 0 amide bonds. The molecule has 1 aliphatic heterocycles. The standard InChI is InChI=1S/C11H14N2O4S/c14-11(15)7-18(16,17)13-10-2-1-8-3-4-12-6-9(8)5-10/h1-2,5,12-13H,3-4,6-7H2,(H,14,15). The van der Waals surface area contributed by atoms with Crippen molar-refractivity contribution in [1.82, 2.24) is 5.32 Å². The van der Waals surface area contributed by atoms with Gasteiger partial charge in [0.25, 0.3) is 0 Å². The summed E-state index contributed by atoms with van der Waals surface area (Å²) in [7, 11) is -3.83. The van der Waals surface area contributed by atoms with Crippen molar-refractivity contribution in [2.24, 2.45) is 0 Å². The lowest BCUT2D eigenvalue weighted by molar-refractivity contribution is -0.134. The zero-order valence-electron chi connectivity index (χ0n) is 9.64. The van der Waals surface area contributed by atoms with Gasteiger partial charge in [-0.3, -0.25) is 9.52 Å². The van der Waals surface area contributed by atoms with E-state index in [0.717, 1.165) is 18.5 Å². The number of benzene rings is 1. The molecule has 0 spiro atoms. The molecule has 0 aliphatic carbocycles. The Balaban J connectivity index is 2.17. The van der Waals surface area contributed by atoms with E-state index in [2.05, 4.69) is 10.0 Å². The molecule has 1 heterocycles. The number of hydrogen-bond donors (Lipinski definition) is 3. The summed E-state index contributed by atoms with van der Waals surface area (Å²) in [6.07, 6.45) is 0.914.